The van der Waals surface area contributed by atoms with Crippen molar-refractivity contribution in [3.63, 3.8) is 0 Å². The summed E-state index contributed by atoms with van der Waals surface area (Å²) in [6.45, 7) is 0. The summed E-state index contributed by atoms with van der Waals surface area (Å²) in [7, 11) is 0. The van der Waals surface area contributed by atoms with Gasteiger partial charge in [0, 0.05) is 22.7 Å². The van der Waals surface area contributed by atoms with Crippen LogP contribution in [0.2, 0.25) is 0 Å². The fraction of sp³-hybridized carbons (Fsp3) is 0. The highest BCUT2D eigenvalue weighted by atomic mass is 32.1. The summed E-state index contributed by atoms with van der Waals surface area (Å²) in [6.07, 6.45) is 3.66. The number of fused-ring (bicyclic) bond motifs is 1. The van der Waals surface area contributed by atoms with Crippen LogP contribution in [-0.2, 0) is 0 Å². The van der Waals surface area contributed by atoms with Gasteiger partial charge in [0.2, 0.25) is 0 Å². The summed E-state index contributed by atoms with van der Waals surface area (Å²) in [5.74, 6) is 0. The molecule has 3 aromatic heterocycles. The smallest absolute Gasteiger partial charge is 0.191 e. The van der Waals surface area contributed by atoms with E-state index in [1.54, 1.807) is 17.5 Å². The van der Waals surface area contributed by atoms with Gasteiger partial charge in [-0.1, -0.05) is 18.2 Å². The number of thiophene rings is 1. The molecule has 3 heterocycles. The predicted molar refractivity (Wildman–Crippen MR) is 85.1 cm³/mol. The molecular weight excluding hydrogens is 294 g/mol. The third-order valence-corrected chi connectivity index (χ3v) is 4.56. The number of nitrogens with zero attached hydrogens (tertiary/aromatic N) is 4. The van der Waals surface area contributed by atoms with Crippen LogP contribution in [0.25, 0.3) is 31.8 Å². The number of rotatable bonds is 2. The Labute approximate surface area is 129 Å². The molecule has 0 unspecified atom stereocenters. The summed E-state index contributed by atoms with van der Waals surface area (Å²) in [5.41, 5.74) is 2.06. The maximum atomic E-state index is 9.06. The SMILES string of the molecule is N#Cc1n[nH]nc1-c1ccc(-c2cccc3cnccc23)s1. The Morgan fingerprint density at radius 3 is 2.86 bits per heavy atom. The molecule has 1 N–H and O–H groups in total. The maximum Gasteiger partial charge on any atom is 0.191 e. The quantitative estimate of drug-likeness (QED) is 0.613. The molecule has 4 rings (SSSR count). The fourth-order valence-corrected chi connectivity index (χ4v) is 3.46. The molecule has 0 saturated carbocycles. The lowest BCUT2D eigenvalue weighted by Gasteiger charge is -2.03. The number of H-pyrrole nitrogens is 1. The van der Waals surface area contributed by atoms with Crippen LogP contribution in [0.1, 0.15) is 5.69 Å². The number of aromatic nitrogens is 4. The second-order valence-electron chi connectivity index (χ2n) is 4.70. The summed E-state index contributed by atoms with van der Waals surface area (Å²) in [5, 5.41) is 21.7. The zero-order valence-electron chi connectivity index (χ0n) is 11.3. The first-order valence-electron chi connectivity index (χ1n) is 6.61. The standard InChI is InChI=1S/C16H9N5S/c17-8-13-16(20-21-19-13)15-5-4-14(22-15)12-3-1-2-10-9-18-7-6-11(10)12/h1-7,9H,(H,19,20,21). The molecule has 4 aromatic rings. The van der Waals surface area contributed by atoms with Gasteiger partial charge in [-0.05, 0) is 29.1 Å². The average Bonchev–Trinajstić information content (AvgIpc) is 3.22. The molecule has 0 amide bonds. The molecule has 0 bridgehead atoms. The predicted octanol–water partition coefficient (Wildman–Crippen LogP) is 3.62. The third kappa shape index (κ3) is 1.96. The van der Waals surface area contributed by atoms with Crippen molar-refractivity contribution in [2.45, 2.75) is 0 Å². The molecule has 0 saturated heterocycles. The van der Waals surface area contributed by atoms with Gasteiger partial charge in [-0.15, -0.1) is 16.4 Å². The number of benzene rings is 1. The van der Waals surface area contributed by atoms with Crippen molar-refractivity contribution in [3.8, 4) is 27.1 Å². The highest BCUT2D eigenvalue weighted by Crippen LogP contribution is 2.37. The van der Waals surface area contributed by atoms with Crippen molar-refractivity contribution in [3.05, 3.63) is 54.5 Å². The van der Waals surface area contributed by atoms with Gasteiger partial charge in [-0.3, -0.25) is 4.98 Å². The zero-order chi connectivity index (χ0) is 14.9. The van der Waals surface area contributed by atoms with Gasteiger partial charge in [-0.25, -0.2) is 0 Å². The molecule has 1 aromatic carbocycles. The van der Waals surface area contributed by atoms with Crippen LogP contribution in [0.15, 0.2) is 48.8 Å². The Morgan fingerprint density at radius 1 is 1.05 bits per heavy atom. The molecule has 0 spiro atoms. The first kappa shape index (κ1) is 12.7. The van der Waals surface area contributed by atoms with Gasteiger partial charge in [0.25, 0.3) is 0 Å². The van der Waals surface area contributed by atoms with E-state index in [0.29, 0.717) is 11.4 Å². The van der Waals surface area contributed by atoms with Gasteiger partial charge in [-0.2, -0.15) is 15.6 Å². The fourth-order valence-electron chi connectivity index (χ4n) is 2.43. The van der Waals surface area contributed by atoms with Crippen molar-refractivity contribution in [2.24, 2.45) is 0 Å². The highest BCUT2D eigenvalue weighted by Gasteiger charge is 2.13. The number of hydrogen-bond donors (Lipinski definition) is 1. The molecule has 6 heteroatoms. The van der Waals surface area contributed by atoms with E-state index in [1.807, 2.05) is 42.6 Å². The van der Waals surface area contributed by atoms with Crippen molar-refractivity contribution in [2.75, 3.05) is 0 Å². The molecule has 0 radical (unpaired) electrons. The van der Waals surface area contributed by atoms with Crippen LogP contribution >= 0.6 is 11.3 Å². The molecule has 0 aliphatic carbocycles. The zero-order valence-corrected chi connectivity index (χ0v) is 12.1. The Kier molecular flexibility index (Phi) is 2.92. The lowest BCUT2D eigenvalue weighted by Crippen LogP contribution is -1.79. The second kappa shape index (κ2) is 5.06. The van der Waals surface area contributed by atoms with Crippen LogP contribution in [0, 0.1) is 11.3 Å². The van der Waals surface area contributed by atoms with Crippen molar-refractivity contribution in [1.82, 2.24) is 20.4 Å². The highest BCUT2D eigenvalue weighted by molar-refractivity contribution is 7.18. The molecule has 104 valence electrons. The Balaban J connectivity index is 1.86. The van der Waals surface area contributed by atoms with Gasteiger partial charge in [0.1, 0.15) is 11.8 Å². The minimum atomic E-state index is 0.315. The largest absolute Gasteiger partial charge is 0.264 e. The Morgan fingerprint density at radius 2 is 1.95 bits per heavy atom. The minimum absolute atomic E-state index is 0.315. The van der Waals surface area contributed by atoms with Crippen LogP contribution in [0.4, 0.5) is 0 Å². The minimum Gasteiger partial charge on any atom is -0.264 e. The first-order chi connectivity index (χ1) is 10.9. The normalized spacial score (nSPS) is 10.7. The lowest BCUT2D eigenvalue weighted by molar-refractivity contribution is 0.937. The topological polar surface area (TPSA) is 78.2 Å². The molecule has 0 aliphatic heterocycles. The summed E-state index contributed by atoms with van der Waals surface area (Å²) < 4.78 is 0. The van der Waals surface area contributed by atoms with Crippen LogP contribution in [0.3, 0.4) is 0 Å². The number of aromatic amines is 1. The van der Waals surface area contributed by atoms with E-state index in [9.17, 15) is 0 Å². The van der Waals surface area contributed by atoms with Gasteiger partial charge >= 0.3 is 0 Å². The molecule has 0 atom stereocenters. The van der Waals surface area contributed by atoms with Crippen LogP contribution < -0.4 is 0 Å². The first-order valence-corrected chi connectivity index (χ1v) is 7.42. The van der Waals surface area contributed by atoms with E-state index in [2.05, 4.69) is 26.5 Å². The van der Waals surface area contributed by atoms with Crippen molar-refractivity contribution < 1.29 is 0 Å². The van der Waals surface area contributed by atoms with Gasteiger partial charge in [0.05, 0.1) is 4.88 Å². The molecule has 5 nitrogen and oxygen atoms in total. The van der Waals surface area contributed by atoms with E-state index in [0.717, 1.165) is 26.1 Å². The Bertz CT molecular complexity index is 1000. The monoisotopic (exact) mass is 303 g/mol. The van der Waals surface area contributed by atoms with E-state index in [1.165, 1.54) is 0 Å². The van der Waals surface area contributed by atoms with Crippen LogP contribution in [-0.4, -0.2) is 20.4 Å². The summed E-state index contributed by atoms with van der Waals surface area (Å²) in [4.78, 5) is 6.21. The Hall–Kier alpha value is -3.04. The van der Waals surface area contributed by atoms with E-state index in [-0.39, 0.29) is 0 Å². The van der Waals surface area contributed by atoms with Gasteiger partial charge < -0.3 is 0 Å². The van der Waals surface area contributed by atoms with Crippen LogP contribution in [0.5, 0.6) is 0 Å². The van der Waals surface area contributed by atoms with Crippen molar-refractivity contribution in [1.29, 1.82) is 5.26 Å². The second-order valence-corrected chi connectivity index (χ2v) is 5.78. The summed E-state index contributed by atoms with van der Waals surface area (Å²) >= 11 is 1.59. The molecule has 0 aliphatic rings. The average molecular weight is 303 g/mol. The number of nitriles is 1. The maximum absolute atomic E-state index is 9.06. The summed E-state index contributed by atoms with van der Waals surface area (Å²) in [6, 6.07) is 14.2. The lowest BCUT2D eigenvalue weighted by atomic mass is 10.1. The number of pyridine rings is 1. The van der Waals surface area contributed by atoms with Crippen molar-refractivity contribution >= 4 is 22.1 Å². The number of nitrogens with one attached hydrogen (secondary N) is 1. The molecule has 22 heavy (non-hydrogen) atoms. The number of hydrogen-bond acceptors (Lipinski definition) is 5. The van der Waals surface area contributed by atoms with E-state index < -0.39 is 0 Å². The van der Waals surface area contributed by atoms with Gasteiger partial charge in [0.15, 0.2) is 5.69 Å². The third-order valence-electron chi connectivity index (χ3n) is 3.44. The molecular formula is C16H9N5S. The van der Waals surface area contributed by atoms with E-state index >= 15 is 0 Å². The molecule has 0 fully saturated rings. The van der Waals surface area contributed by atoms with E-state index in [4.69, 9.17) is 5.26 Å².